The van der Waals surface area contributed by atoms with E-state index in [1.807, 2.05) is 6.92 Å². The number of halogens is 1. The van der Waals surface area contributed by atoms with Gasteiger partial charge in [-0.15, -0.1) is 0 Å². The quantitative estimate of drug-likeness (QED) is 0.784. The highest BCUT2D eigenvalue weighted by atomic mass is 35.5. The molecule has 1 aliphatic heterocycles. The monoisotopic (exact) mass is 389 g/mol. The molecule has 0 saturated carbocycles. The summed E-state index contributed by atoms with van der Waals surface area (Å²) < 4.78 is 0. The number of carbonyl (C=O) groups excluding carboxylic acids is 3. The molecule has 1 aliphatic carbocycles. The minimum absolute atomic E-state index is 0.252. The molecule has 0 radical (unpaired) electrons. The van der Waals surface area contributed by atoms with Crippen molar-refractivity contribution < 1.29 is 14.4 Å². The molecule has 7 heteroatoms. The first-order valence-corrected chi connectivity index (χ1v) is 9.64. The van der Waals surface area contributed by atoms with E-state index in [1.54, 1.807) is 36.1 Å². The van der Waals surface area contributed by atoms with Gasteiger partial charge in [0, 0.05) is 22.8 Å². The number of imide groups is 1. The lowest BCUT2D eigenvalue weighted by atomic mass is 9.92. The van der Waals surface area contributed by atoms with Gasteiger partial charge in [-0.2, -0.15) is 0 Å². The fourth-order valence-corrected chi connectivity index (χ4v) is 4.04. The van der Waals surface area contributed by atoms with E-state index in [0.717, 1.165) is 36.3 Å². The molecule has 0 bridgehead atoms. The summed E-state index contributed by atoms with van der Waals surface area (Å²) in [6, 6.07) is 6.31. The van der Waals surface area contributed by atoms with Gasteiger partial charge in [-0.3, -0.25) is 14.5 Å². The molecule has 2 aliphatic rings. The van der Waals surface area contributed by atoms with Crippen LogP contribution in [0.4, 0.5) is 4.79 Å². The van der Waals surface area contributed by atoms with E-state index >= 15 is 0 Å². The van der Waals surface area contributed by atoms with Crippen LogP contribution in [0.5, 0.6) is 0 Å². The molecule has 1 atom stereocenters. The molecule has 0 aromatic heterocycles. The van der Waals surface area contributed by atoms with E-state index in [2.05, 4.69) is 11.4 Å². The number of allylic oxidation sites excluding steroid dienone is 2. The van der Waals surface area contributed by atoms with Gasteiger partial charge in [0.25, 0.3) is 5.91 Å². The second kappa shape index (κ2) is 7.72. The number of benzene rings is 1. The predicted molar refractivity (Wildman–Crippen MR) is 103 cm³/mol. The fraction of sp³-hybridized carbons (Fsp3) is 0.450. The molecule has 1 heterocycles. The summed E-state index contributed by atoms with van der Waals surface area (Å²) in [7, 11) is 0. The van der Waals surface area contributed by atoms with Crippen LogP contribution in [-0.4, -0.2) is 40.7 Å². The molecule has 0 unspecified atom stereocenters. The second-order valence-electron chi connectivity index (χ2n) is 7.01. The molecule has 1 aromatic rings. The van der Waals surface area contributed by atoms with Gasteiger partial charge in [0.05, 0.1) is 0 Å². The Kier molecular flexibility index (Phi) is 5.56. The third-order valence-electron chi connectivity index (χ3n) is 5.21. The van der Waals surface area contributed by atoms with Crippen LogP contribution in [0, 0.1) is 0 Å². The summed E-state index contributed by atoms with van der Waals surface area (Å²) in [5.41, 5.74) is 0.216. The number of rotatable bonds is 5. The van der Waals surface area contributed by atoms with E-state index in [1.165, 1.54) is 0 Å². The van der Waals surface area contributed by atoms with Crippen LogP contribution in [0.3, 0.4) is 0 Å². The minimum Gasteiger partial charge on any atom is -0.319 e. The van der Waals surface area contributed by atoms with E-state index in [-0.39, 0.29) is 12.5 Å². The lowest BCUT2D eigenvalue weighted by Crippen LogP contribution is -2.44. The van der Waals surface area contributed by atoms with E-state index in [4.69, 9.17) is 11.6 Å². The zero-order valence-corrected chi connectivity index (χ0v) is 16.4. The van der Waals surface area contributed by atoms with Crippen molar-refractivity contribution in [1.82, 2.24) is 15.1 Å². The van der Waals surface area contributed by atoms with Crippen LogP contribution in [0.1, 0.15) is 45.1 Å². The standard InChI is InChI=1S/C20H24ClN3O3/c1-3-23(14-9-5-4-6-10-14)17(25)13-24-18(26)20(2,22-19(24)27)15-11-7-8-12-16(15)21/h7-9,11-12H,3-6,10,13H2,1-2H3,(H,22,27)/t20-/m1/s1. The van der Waals surface area contributed by atoms with Crippen LogP contribution < -0.4 is 5.32 Å². The highest BCUT2D eigenvalue weighted by Crippen LogP contribution is 2.33. The topological polar surface area (TPSA) is 69.7 Å². The predicted octanol–water partition coefficient (Wildman–Crippen LogP) is 3.41. The van der Waals surface area contributed by atoms with Crippen molar-refractivity contribution in [3.05, 3.63) is 46.6 Å². The molecular formula is C20H24ClN3O3. The van der Waals surface area contributed by atoms with Crippen molar-refractivity contribution in [2.45, 2.75) is 45.1 Å². The van der Waals surface area contributed by atoms with Crippen LogP contribution in [0.2, 0.25) is 5.02 Å². The van der Waals surface area contributed by atoms with Crippen molar-refractivity contribution in [3.8, 4) is 0 Å². The molecule has 1 fully saturated rings. The molecule has 144 valence electrons. The summed E-state index contributed by atoms with van der Waals surface area (Å²) in [6.07, 6.45) is 6.04. The summed E-state index contributed by atoms with van der Waals surface area (Å²) in [6.45, 7) is 3.74. The van der Waals surface area contributed by atoms with Crippen LogP contribution in [0.25, 0.3) is 0 Å². The molecule has 27 heavy (non-hydrogen) atoms. The van der Waals surface area contributed by atoms with Crippen molar-refractivity contribution in [3.63, 3.8) is 0 Å². The number of hydrogen-bond donors (Lipinski definition) is 1. The molecule has 6 nitrogen and oxygen atoms in total. The largest absolute Gasteiger partial charge is 0.325 e. The Hall–Kier alpha value is -2.34. The van der Waals surface area contributed by atoms with Gasteiger partial charge in [0.15, 0.2) is 0 Å². The van der Waals surface area contributed by atoms with Crippen molar-refractivity contribution in [1.29, 1.82) is 0 Å². The Labute approximate surface area is 164 Å². The van der Waals surface area contributed by atoms with E-state index in [0.29, 0.717) is 17.1 Å². The van der Waals surface area contributed by atoms with E-state index in [9.17, 15) is 14.4 Å². The lowest BCUT2D eigenvalue weighted by molar-refractivity contribution is -0.138. The highest BCUT2D eigenvalue weighted by molar-refractivity contribution is 6.32. The zero-order chi connectivity index (χ0) is 19.6. The molecular weight excluding hydrogens is 366 g/mol. The number of nitrogens with zero attached hydrogens (tertiary/aromatic N) is 2. The Balaban J connectivity index is 1.80. The van der Waals surface area contributed by atoms with Gasteiger partial charge >= 0.3 is 6.03 Å². The van der Waals surface area contributed by atoms with Gasteiger partial charge in [-0.1, -0.05) is 35.9 Å². The average Bonchev–Trinajstić information content (AvgIpc) is 2.87. The Bertz CT molecular complexity index is 807. The number of carbonyl (C=O) groups is 3. The number of amides is 4. The first-order chi connectivity index (χ1) is 12.9. The van der Waals surface area contributed by atoms with E-state index < -0.39 is 17.5 Å². The number of nitrogens with one attached hydrogen (secondary N) is 1. The first-order valence-electron chi connectivity index (χ1n) is 9.27. The van der Waals surface area contributed by atoms with Gasteiger partial charge < -0.3 is 10.2 Å². The number of urea groups is 1. The Morgan fingerprint density at radius 2 is 2.04 bits per heavy atom. The second-order valence-corrected chi connectivity index (χ2v) is 7.41. The number of likely N-dealkylation sites (N-methyl/N-ethyl adjacent to an activating group) is 1. The van der Waals surface area contributed by atoms with Crippen molar-refractivity contribution >= 4 is 29.4 Å². The van der Waals surface area contributed by atoms with Gasteiger partial charge in [-0.05, 0) is 45.6 Å². The normalized spacial score (nSPS) is 22.5. The highest BCUT2D eigenvalue weighted by Gasteiger charge is 2.50. The summed E-state index contributed by atoms with van der Waals surface area (Å²) >= 11 is 6.23. The van der Waals surface area contributed by atoms with Crippen LogP contribution >= 0.6 is 11.6 Å². The maximum atomic E-state index is 13.0. The first kappa shape index (κ1) is 19.4. The van der Waals surface area contributed by atoms with Gasteiger partial charge in [-0.25, -0.2) is 4.79 Å². The SMILES string of the molecule is CCN(C(=O)CN1C(=O)N[C@](C)(c2ccccc2Cl)C1=O)C1=CCCCC1. The molecule has 0 spiro atoms. The maximum absolute atomic E-state index is 13.0. The van der Waals surface area contributed by atoms with Crippen molar-refractivity contribution in [2.24, 2.45) is 0 Å². The van der Waals surface area contributed by atoms with Crippen molar-refractivity contribution in [2.75, 3.05) is 13.1 Å². The van der Waals surface area contributed by atoms with Crippen LogP contribution in [-0.2, 0) is 15.1 Å². The lowest BCUT2D eigenvalue weighted by Gasteiger charge is -2.28. The maximum Gasteiger partial charge on any atom is 0.325 e. The summed E-state index contributed by atoms with van der Waals surface area (Å²) in [4.78, 5) is 41.0. The minimum atomic E-state index is -1.28. The Morgan fingerprint density at radius 1 is 1.30 bits per heavy atom. The molecule has 1 N–H and O–H groups in total. The third kappa shape index (κ3) is 3.58. The van der Waals surface area contributed by atoms with Gasteiger partial charge in [0.1, 0.15) is 12.1 Å². The average molecular weight is 390 g/mol. The molecule has 1 saturated heterocycles. The van der Waals surface area contributed by atoms with Gasteiger partial charge in [0.2, 0.25) is 5.91 Å². The fourth-order valence-electron chi connectivity index (χ4n) is 3.72. The van der Waals surface area contributed by atoms with Crippen LogP contribution in [0.15, 0.2) is 36.0 Å². The molecule has 3 rings (SSSR count). The zero-order valence-electron chi connectivity index (χ0n) is 15.6. The molecule has 4 amide bonds. The molecule has 1 aromatic carbocycles. The summed E-state index contributed by atoms with van der Waals surface area (Å²) in [5.74, 6) is -0.722. The Morgan fingerprint density at radius 3 is 2.67 bits per heavy atom. The summed E-state index contributed by atoms with van der Waals surface area (Å²) in [5, 5.41) is 3.09. The number of hydrogen-bond acceptors (Lipinski definition) is 3. The third-order valence-corrected chi connectivity index (χ3v) is 5.54. The smallest absolute Gasteiger partial charge is 0.319 e.